The van der Waals surface area contributed by atoms with Crippen LogP contribution in [0.2, 0.25) is 0 Å². The van der Waals surface area contributed by atoms with E-state index in [1.807, 2.05) is 48.5 Å². The van der Waals surface area contributed by atoms with Crippen molar-refractivity contribution in [3.05, 3.63) is 64.4 Å². The summed E-state index contributed by atoms with van der Waals surface area (Å²) in [4.78, 5) is 17.9. The van der Waals surface area contributed by atoms with Crippen molar-refractivity contribution >= 4 is 22.7 Å². The van der Waals surface area contributed by atoms with E-state index in [1.165, 1.54) is 11.8 Å². The molecule has 0 atom stereocenters. The average molecular weight is 349 g/mol. The van der Waals surface area contributed by atoms with Crippen molar-refractivity contribution in [3.63, 3.8) is 0 Å². The van der Waals surface area contributed by atoms with Gasteiger partial charge in [-0.15, -0.1) is 0 Å². The third-order valence-corrected chi connectivity index (χ3v) is 5.05. The van der Waals surface area contributed by atoms with Crippen LogP contribution in [0, 0.1) is 11.3 Å². The Morgan fingerprint density at radius 2 is 1.92 bits per heavy atom. The number of aromatic nitrogens is 2. The highest BCUT2D eigenvalue weighted by atomic mass is 32.2. The van der Waals surface area contributed by atoms with Gasteiger partial charge >= 0.3 is 0 Å². The molecule has 0 fully saturated rings. The number of aryl methyl sites for hydroxylation is 1. The van der Waals surface area contributed by atoms with Gasteiger partial charge in [-0.2, -0.15) is 5.26 Å². The summed E-state index contributed by atoms with van der Waals surface area (Å²) in [5, 5.41) is 10.0. The average Bonchev–Trinajstić information content (AvgIpc) is 2.65. The van der Waals surface area contributed by atoms with Crippen molar-refractivity contribution in [2.45, 2.75) is 31.3 Å². The van der Waals surface area contributed by atoms with E-state index in [1.54, 1.807) is 4.57 Å². The van der Waals surface area contributed by atoms with Crippen molar-refractivity contribution in [1.82, 2.24) is 9.55 Å². The fourth-order valence-corrected chi connectivity index (χ4v) is 3.71. The Labute approximate surface area is 151 Å². The van der Waals surface area contributed by atoms with Crippen LogP contribution in [-0.4, -0.2) is 15.3 Å². The molecule has 1 aromatic heterocycles. The first-order valence-electron chi connectivity index (χ1n) is 8.36. The maximum absolute atomic E-state index is 13.2. The first kappa shape index (κ1) is 17.2. The first-order valence-corrected chi connectivity index (χ1v) is 9.34. The molecule has 5 heteroatoms. The molecule has 0 saturated heterocycles. The van der Waals surface area contributed by atoms with Gasteiger partial charge in [0.05, 0.1) is 22.7 Å². The largest absolute Gasteiger partial charge is 0.268 e. The van der Waals surface area contributed by atoms with Gasteiger partial charge in [0.25, 0.3) is 5.56 Å². The molecule has 0 aliphatic heterocycles. The van der Waals surface area contributed by atoms with Gasteiger partial charge in [-0.1, -0.05) is 49.0 Å². The van der Waals surface area contributed by atoms with Crippen LogP contribution in [0.4, 0.5) is 0 Å². The van der Waals surface area contributed by atoms with E-state index < -0.39 is 0 Å². The maximum atomic E-state index is 13.2. The Morgan fingerprint density at radius 1 is 1.16 bits per heavy atom. The predicted molar refractivity (Wildman–Crippen MR) is 102 cm³/mol. The Hall–Kier alpha value is -2.58. The normalized spacial score (nSPS) is 10.7. The van der Waals surface area contributed by atoms with Gasteiger partial charge in [0.15, 0.2) is 5.16 Å². The van der Waals surface area contributed by atoms with Gasteiger partial charge in [0.1, 0.15) is 0 Å². The molecule has 126 valence electrons. The molecule has 0 spiro atoms. The van der Waals surface area contributed by atoms with Gasteiger partial charge < -0.3 is 0 Å². The van der Waals surface area contributed by atoms with E-state index in [2.05, 4.69) is 13.0 Å². The standard InChI is InChI=1S/C20H19N3OS/c1-2-15-9-3-6-12-18(15)23-19(24)16-10-4-5-11-17(16)22-20(23)25-14-8-7-13-21/h3-6,9-12H,2,7-8,14H2,1H3. The minimum Gasteiger partial charge on any atom is -0.268 e. The Kier molecular flexibility index (Phi) is 5.52. The van der Waals surface area contributed by atoms with Gasteiger partial charge in [0, 0.05) is 12.2 Å². The van der Waals surface area contributed by atoms with Gasteiger partial charge in [-0.05, 0) is 36.6 Å². The van der Waals surface area contributed by atoms with Gasteiger partial charge in [-0.3, -0.25) is 9.36 Å². The molecule has 3 aromatic rings. The lowest BCUT2D eigenvalue weighted by molar-refractivity contribution is 0.806. The highest BCUT2D eigenvalue weighted by Crippen LogP contribution is 2.24. The highest BCUT2D eigenvalue weighted by molar-refractivity contribution is 7.99. The van der Waals surface area contributed by atoms with E-state index in [4.69, 9.17) is 10.2 Å². The van der Waals surface area contributed by atoms with Crippen molar-refractivity contribution in [2.24, 2.45) is 0 Å². The van der Waals surface area contributed by atoms with E-state index >= 15 is 0 Å². The van der Waals surface area contributed by atoms with E-state index in [9.17, 15) is 4.79 Å². The van der Waals surface area contributed by atoms with Crippen LogP contribution in [-0.2, 0) is 6.42 Å². The number of unbranched alkanes of at least 4 members (excludes halogenated alkanes) is 1. The zero-order valence-corrected chi connectivity index (χ0v) is 14.9. The molecule has 0 aliphatic carbocycles. The minimum atomic E-state index is -0.0470. The zero-order chi connectivity index (χ0) is 17.6. The molecule has 1 heterocycles. The number of fused-ring (bicyclic) bond motifs is 1. The van der Waals surface area contributed by atoms with Crippen molar-refractivity contribution < 1.29 is 0 Å². The van der Waals surface area contributed by atoms with Crippen LogP contribution in [0.3, 0.4) is 0 Å². The SMILES string of the molecule is CCc1ccccc1-n1c(SCCCC#N)nc2ccccc2c1=O. The van der Waals surface area contributed by atoms with Crippen LogP contribution in [0.15, 0.2) is 58.5 Å². The second kappa shape index (κ2) is 8.00. The monoisotopic (exact) mass is 349 g/mol. The number of nitriles is 1. The lowest BCUT2D eigenvalue weighted by Gasteiger charge is -2.15. The quantitative estimate of drug-likeness (QED) is 0.377. The topological polar surface area (TPSA) is 58.7 Å². The number of rotatable bonds is 6. The van der Waals surface area contributed by atoms with Crippen LogP contribution in [0.1, 0.15) is 25.3 Å². The van der Waals surface area contributed by atoms with Crippen molar-refractivity contribution in [1.29, 1.82) is 5.26 Å². The smallest absolute Gasteiger partial charge is 0.266 e. The molecule has 0 aliphatic rings. The van der Waals surface area contributed by atoms with E-state index in [-0.39, 0.29) is 5.56 Å². The lowest BCUT2D eigenvalue weighted by Crippen LogP contribution is -2.22. The molecule has 0 unspecified atom stereocenters. The molecule has 3 rings (SSSR count). The fourth-order valence-electron chi connectivity index (χ4n) is 2.76. The Balaban J connectivity index is 2.18. The Bertz CT molecular complexity index is 988. The number of thioether (sulfide) groups is 1. The summed E-state index contributed by atoms with van der Waals surface area (Å²) in [5.74, 6) is 0.757. The molecule has 2 aromatic carbocycles. The second-order valence-corrected chi connectivity index (χ2v) is 6.71. The summed E-state index contributed by atoms with van der Waals surface area (Å²) < 4.78 is 1.72. The summed E-state index contributed by atoms with van der Waals surface area (Å²) >= 11 is 1.53. The predicted octanol–water partition coefficient (Wildman–Crippen LogP) is 4.34. The van der Waals surface area contributed by atoms with Crippen LogP contribution < -0.4 is 5.56 Å². The third-order valence-electron chi connectivity index (χ3n) is 4.02. The summed E-state index contributed by atoms with van der Waals surface area (Å²) in [6, 6.07) is 17.5. The molecule has 0 radical (unpaired) electrons. The summed E-state index contributed by atoms with van der Waals surface area (Å²) in [6.07, 6.45) is 2.13. The molecule has 0 N–H and O–H groups in total. The molecule has 0 amide bonds. The first-order chi connectivity index (χ1) is 12.3. The third kappa shape index (κ3) is 3.59. The van der Waals surface area contributed by atoms with Gasteiger partial charge in [-0.25, -0.2) is 4.98 Å². The molecule has 0 bridgehead atoms. The van der Waals surface area contributed by atoms with Gasteiger partial charge in [0.2, 0.25) is 0 Å². The van der Waals surface area contributed by atoms with Crippen LogP contribution in [0.5, 0.6) is 0 Å². The summed E-state index contributed by atoms with van der Waals surface area (Å²) in [7, 11) is 0. The molecule has 4 nitrogen and oxygen atoms in total. The highest BCUT2D eigenvalue weighted by Gasteiger charge is 2.15. The molecular formula is C20H19N3OS. The number of hydrogen-bond acceptors (Lipinski definition) is 4. The second-order valence-electron chi connectivity index (χ2n) is 5.64. The van der Waals surface area contributed by atoms with Crippen molar-refractivity contribution in [3.8, 4) is 11.8 Å². The summed E-state index contributed by atoms with van der Waals surface area (Å²) in [5.41, 5.74) is 2.66. The lowest BCUT2D eigenvalue weighted by atomic mass is 10.1. The fraction of sp³-hybridized carbons (Fsp3) is 0.250. The van der Waals surface area contributed by atoms with Crippen LogP contribution in [0.25, 0.3) is 16.6 Å². The van der Waals surface area contributed by atoms with E-state index in [0.29, 0.717) is 22.5 Å². The summed E-state index contributed by atoms with van der Waals surface area (Å²) in [6.45, 7) is 2.08. The minimum absolute atomic E-state index is 0.0470. The molecular weight excluding hydrogens is 330 g/mol. The molecule has 25 heavy (non-hydrogen) atoms. The number of nitrogens with zero attached hydrogens (tertiary/aromatic N) is 3. The van der Waals surface area contributed by atoms with E-state index in [0.717, 1.165) is 29.8 Å². The van der Waals surface area contributed by atoms with Crippen LogP contribution >= 0.6 is 11.8 Å². The van der Waals surface area contributed by atoms with Crippen molar-refractivity contribution in [2.75, 3.05) is 5.75 Å². The molecule has 0 saturated carbocycles. The number of para-hydroxylation sites is 2. The Morgan fingerprint density at radius 3 is 2.72 bits per heavy atom. The number of benzene rings is 2. The number of hydrogen-bond donors (Lipinski definition) is 0. The zero-order valence-electron chi connectivity index (χ0n) is 14.1. The maximum Gasteiger partial charge on any atom is 0.266 e.